The van der Waals surface area contributed by atoms with E-state index in [-0.39, 0.29) is 24.6 Å². The van der Waals surface area contributed by atoms with Crippen LogP contribution in [-0.2, 0) is 9.53 Å². The summed E-state index contributed by atoms with van der Waals surface area (Å²) in [6, 6.07) is 10.6. The summed E-state index contributed by atoms with van der Waals surface area (Å²) in [5.41, 5.74) is 1.23. The van der Waals surface area contributed by atoms with Gasteiger partial charge in [0.2, 0.25) is 5.91 Å². The predicted molar refractivity (Wildman–Crippen MR) is 103 cm³/mol. The number of nitrogens with zero attached hydrogens (tertiary/aromatic N) is 1. The summed E-state index contributed by atoms with van der Waals surface area (Å²) in [5, 5.41) is 5.67. The Morgan fingerprint density at radius 1 is 1.15 bits per heavy atom. The summed E-state index contributed by atoms with van der Waals surface area (Å²) in [4.78, 5) is 26.4. The standard InChI is InChI=1S/C20H25N3O4/c1-26-14-19(24)21-15-7-5-8-16(13-15)22-20(25)23-11-4-2-3-9-17(23)18-10-6-12-27-18/h5-8,10,12-13,17H,2-4,9,11,14H2,1H3,(H,21,24)(H,22,25)/t17-/m0/s1. The second kappa shape index (κ2) is 9.23. The highest BCUT2D eigenvalue weighted by molar-refractivity contribution is 5.94. The topological polar surface area (TPSA) is 83.8 Å². The zero-order valence-electron chi connectivity index (χ0n) is 15.4. The van der Waals surface area contributed by atoms with Crippen LogP contribution in [0.1, 0.15) is 37.5 Å². The van der Waals surface area contributed by atoms with Crippen molar-refractivity contribution in [3.8, 4) is 0 Å². The van der Waals surface area contributed by atoms with Crippen LogP contribution < -0.4 is 10.6 Å². The largest absolute Gasteiger partial charge is 0.467 e. The Morgan fingerprint density at radius 2 is 1.96 bits per heavy atom. The zero-order chi connectivity index (χ0) is 19.1. The summed E-state index contributed by atoms with van der Waals surface area (Å²) in [6.07, 6.45) is 5.66. The number of carbonyl (C=O) groups is 2. The maximum atomic E-state index is 12.9. The minimum atomic E-state index is -0.244. The van der Waals surface area contributed by atoms with E-state index < -0.39 is 0 Å². The number of carbonyl (C=O) groups excluding carboxylic acids is 2. The van der Waals surface area contributed by atoms with Crippen LogP contribution in [0.2, 0.25) is 0 Å². The molecule has 0 bridgehead atoms. The van der Waals surface area contributed by atoms with Gasteiger partial charge in [-0.15, -0.1) is 0 Å². The van der Waals surface area contributed by atoms with Gasteiger partial charge in [0, 0.05) is 25.0 Å². The van der Waals surface area contributed by atoms with Gasteiger partial charge in [-0.3, -0.25) is 4.79 Å². The third-order valence-electron chi connectivity index (χ3n) is 4.56. The summed E-state index contributed by atoms with van der Waals surface area (Å²) >= 11 is 0. The number of ether oxygens (including phenoxy) is 1. The lowest BCUT2D eigenvalue weighted by atomic mass is 10.1. The zero-order valence-corrected chi connectivity index (χ0v) is 15.4. The van der Waals surface area contributed by atoms with Crippen molar-refractivity contribution in [3.63, 3.8) is 0 Å². The Hall–Kier alpha value is -2.80. The molecule has 1 fully saturated rings. The lowest BCUT2D eigenvalue weighted by molar-refractivity contribution is -0.119. The Labute approximate surface area is 158 Å². The molecule has 2 N–H and O–H groups in total. The van der Waals surface area contributed by atoms with E-state index in [1.807, 2.05) is 17.0 Å². The summed E-state index contributed by atoms with van der Waals surface area (Å²) in [7, 11) is 1.47. The Morgan fingerprint density at radius 3 is 2.70 bits per heavy atom. The van der Waals surface area contributed by atoms with Crippen molar-refractivity contribution >= 4 is 23.3 Å². The molecule has 144 valence electrons. The van der Waals surface area contributed by atoms with Crippen LogP contribution in [0, 0.1) is 0 Å². The molecule has 2 heterocycles. The van der Waals surface area contributed by atoms with Gasteiger partial charge in [0.05, 0.1) is 12.3 Å². The molecule has 1 aliphatic rings. The van der Waals surface area contributed by atoms with Crippen molar-refractivity contribution in [1.29, 1.82) is 0 Å². The van der Waals surface area contributed by atoms with Crippen molar-refractivity contribution < 1.29 is 18.7 Å². The van der Waals surface area contributed by atoms with Crippen LogP contribution in [0.15, 0.2) is 47.1 Å². The number of urea groups is 1. The minimum Gasteiger partial charge on any atom is -0.467 e. The Bertz CT molecular complexity index is 760. The first-order valence-electron chi connectivity index (χ1n) is 9.17. The lowest BCUT2D eigenvalue weighted by Crippen LogP contribution is -2.37. The molecule has 1 aromatic carbocycles. The molecule has 7 heteroatoms. The Kier molecular flexibility index (Phi) is 6.49. The molecule has 0 aliphatic carbocycles. The highest BCUT2D eigenvalue weighted by atomic mass is 16.5. The molecule has 0 saturated carbocycles. The monoisotopic (exact) mass is 371 g/mol. The highest BCUT2D eigenvalue weighted by Gasteiger charge is 2.28. The molecule has 3 rings (SSSR count). The number of benzene rings is 1. The lowest BCUT2D eigenvalue weighted by Gasteiger charge is -2.28. The number of furan rings is 1. The predicted octanol–water partition coefficient (Wildman–Crippen LogP) is 4.01. The van der Waals surface area contributed by atoms with Crippen LogP contribution in [0.25, 0.3) is 0 Å². The SMILES string of the molecule is COCC(=O)Nc1cccc(NC(=O)N2CCCCC[C@H]2c2ccco2)c1. The van der Waals surface area contributed by atoms with Crippen LogP contribution in [0.3, 0.4) is 0 Å². The van der Waals surface area contributed by atoms with Crippen molar-refractivity contribution in [1.82, 2.24) is 4.90 Å². The molecule has 0 radical (unpaired) electrons. The van der Waals surface area contributed by atoms with Crippen LogP contribution in [-0.4, -0.2) is 37.1 Å². The van der Waals surface area contributed by atoms with Crippen LogP contribution >= 0.6 is 0 Å². The van der Waals surface area contributed by atoms with Gasteiger partial charge in [-0.25, -0.2) is 4.79 Å². The summed E-state index contributed by atoms with van der Waals surface area (Å²) in [6.45, 7) is 0.663. The van der Waals surface area contributed by atoms with Gasteiger partial charge in [-0.1, -0.05) is 18.9 Å². The van der Waals surface area contributed by atoms with Gasteiger partial charge < -0.3 is 24.7 Å². The van der Waals surface area contributed by atoms with E-state index in [9.17, 15) is 9.59 Å². The fraction of sp³-hybridized carbons (Fsp3) is 0.400. The maximum absolute atomic E-state index is 12.9. The Balaban J connectivity index is 1.70. The molecule has 1 aliphatic heterocycles. The number of anilines is 2. The van der Waals surface area contributed by atoms with Crippen molar-refractivity contribution in [3.05, 3.63) is 48.4 Å². The van der Waals surface area contributed by atoms with E-state index in [0.717, 1.165) is 31.4 Å². The summed E-state index contributed by atoms with van der Waals surface area (Å²) in [5.74, 6) is 0.569. The van der Waals surface area contributed by atoms with Gasteiger partial charge in [0.25, 0.3) is 0 Å². The van der Waals surface area contributed by atoms with Crippen molar-refractivity contribution in [2.75, 3.05) is 30.9 Å². The average molecular weight is 371 g/mol. The number of hydrogen-bond donors (Lipinski definition) is 2. The number of amides is 3. The third-order valence-corrected chi connectivity index (χ3v) is 4.56. The van der Waals surface area contributed by atoms with Gasteiger partial charge in [0.1, 0.15) is 12.4 Å². The van der Waals surface area contributed by atoms with Crippen molar-refractivity contribution in [2.45, 2.75) is 31.7 Å². The quantitative estimate of drug-likeness (QED) is 0.832. The normalized spacial score (nSPS) is 17.2. The van der Waals surface area contributed by atoms with E-state index in [1.165, 1.54) is 7.11 Å². The fourth-order valence-corrected chi connectivity index (χ4v) is 3.33. The smallest absolute Gasteiger partial charge is 0.322 e. The van der Waals surface area contributed by atoms with Gasteiger partial charge in [-0.2, -0.15) is 0 Å². The van der Waals surface area contributed by atoms with Crippen molar-refractivity contribution in [2.24, 2.45) is 0 Å². The first-order chi connectivity index (χ1) is 13.2. The molecule has 0 spiro atoms. The molecular formula is C20H25N3O4. The van der Waals surface area contributed by atoms with E-state index in [2.05, 4.69) is 10.6 Å². The second-order valence-corrected chi connectivity index (χ2v) is 6.57. The molecule has 2 aromatic rings. The van der Waals surface area contributed by atoms with E-state index in [4.69, 9.17) is 9.15 Å². The minimum absolute atomic E-state index is 0.0187. The van der Waals surface area contributed by atoms with Gasteiger partial charge in [-0.05, 0) is 43.2 Å². The first kappa shape index (κ1) is 19.0. The highest BCUT2D eigenvalue weighted by Crippen LogP contribution is 2.31. The van der Waals surface area contributed by atoms with Gasteiger partial charge >= 0.3 is 6.03 Å². The van der Waals surface area contributed by atoms with E-state index in [1.54, 1.807) is 30.5 Å². The fourth-order valence-electron chi connectivity index (χ4n) is 3.33. The van der Waals surface area contributed by atoms with Gasteiger partial charge in [0.15, 0.2) is 0 Å². The molecule has 1 atom stereocenters. The molecule has 3 amide bonds. The third kappa shape index (κ3) is 5.10. The molecule has 27 heavy (non-hydrogen) atoms. The number of nitrogens with one attached hydrogen (secondary N) is 2. The molecular weight excluding hydrogens is 346 g/mol. The molecule has 7 nitrogen and oxygen atoms in total. The average Bonchev–Trinajstić information content (AvgIpc) is 3.06. The molecule has 1 aromatic heterocycles. The number of methoxy groups -OCH3 is 1. The number of likely N-dealkylation sites (tertiary alicyclic amines) is 1. The van der Waals surface area contributed by atoms with E-state index >= 15 is 0 Å². The summed E-state index contributed by atoms with van der Waals surface area (Å²) < 4.78 is 10.4. The van der Waals surface area contributed by atoms with E-state index in [0.29, 0.717) is 17.9 Å². The first-order valence-corrected chi connectivity index (χ1v) is 9.17. The molecule has 1 saturated heterocycles. The second-order valence-electron chi connectivity index (χ2n) is 6.57. The maximum Gasteiger partial charge on any atom is 0.322 e. The number of rotatable bonds is 5. The molecule has 0 unspecified atom stereocenters. The van der Waals surface area contributed by atoms with Crippen LogP contribution in [0.5, 0.6) is 0 Å². The number of hydrogen-bond acceptors (Lipinski definition) is 4. The van der Waals surface area contributed by atoms with Crippen LogP contribution in [0.4, 0.5) is 16.2 Å².